The van der Waals surface area contributed by atoms with Crippen LogP contribution in [0.1, 0.15) is 11.3 Å². The van der Waals surface area contributed by atoms with Crippen LogP contribution in [0.5, 0.6) is 5.75 Å². The standard InChI is InChI=1S/C13H11BrN2O3/c1-9-3-2-4-12(16(17)18)13(9)19-8-11-6-5-10(14)7-15-11/h2-7H,8H2,1H3. The summed E-state index contributed by atoms with van der Waals surface area (Å²) in [6.45, 7) is 1.97. The maximum Gasteiger partial charge on any atom is 0.311 e. The minimum absolute atomic E-state index is 0.0305. The van der Waals surface area contributed by atoms with Crippen molar-refractivity contribution in [2.24, 2.45) is 0 Å². The summed E-state index contributed by atoms with van der Waals surface area (Å²) in [5.74, 6) is 0.289. The van der Waals surface area contributed by atoms with Gasteiger partial charge in [0.05, 0.1) is 10.6 Å². The molecule has 0 unspecified atom stereocenters. The summed E-state index contributed by atoms with van der Waals surface area (Å²) >= 11 is 3.29. The van der Waals surface area contributed by atoms with E-state index in [1.54, 1.807) is 31.3 Å². The molecule has 1 aromatic heterocycles. The number of aromatic nitrogens is 1. The molecule has 0 amide bonds. The van der Waals surface area contributed by atoms with Gasteiger partial charge in [-0.3, -0.25) is 15.1 Å². The number of nitro groups is 1. The monoisotopic (exact) mass is 322 g/mol. The number of pyridine rings is 1. The summed E-state index contributed by atoms with van der Waals surface area (Å²) in [6, 6.07) is 8.49. The van der Waals surface area contributed by atoms with Gasteiger partial charge in [0.25, 0.3) is 0 Å². The largest absolute Gasteiger partial charge is 0.480 e. The summed E-state index contributed by atoms with van der Waals surface area (Å²) < 4.78 is 6.41. The lowest BCUT2D eigenvalue weighted by Crippen LogP contribution is -2.02. The van der Waals surface area contributed by atoms with E-state index in [1.165, 1.54) is 6.07 Å². The van der Waals surface area contributed by atoms with Crippen molar-refractivity contribution >= 4 is 21.6 Å². The zero-order valence-corrected chi connectivity index (χ0v) is 11.8. The Balaban J connectivity index is 2.19. The Kier molecular flexibility index (Phi) is 4.11. The maximum absolute atomic E-state index is 10.9. The first kappa shape index (κ1) is 13.5. The van der Waals surface area contributed by atoms with Gasteiger partial charge in [0.1, 0.15) is 6.61 Å². The molecule has 0 N–H and O–H groups in total. The summed E-state index contributed by atoms with van der Waals surface area (Å²) in [5.41, 5.74) is 1.41. The van der Waals surface area contributed by atoms with Crippen molar-refractivity contribution in [1.82, 2.24) is 4.98 Å². The molecule has 1 aromatic carbocycles. The quantitative estimate of drug-likeness (QED) is 0.636. The first-order valence-electron chi connectivity index (χ1n) is 5.55. The van der Waals surface area contributed by atoms with Crippen LogP contribution in [-0.2, 0) is 6.61 Å². The molecule has 0 radical (unpaired) electrons. The predicted molar refractivity (Wildman–Crippen MR) is 74.1 cm³/mol. The van der Waals surface area contributed by atoms with Gasteiger partial charge >= 0.3 is 5.69 Å². The van der Waals surface area contributed by atoms with Crippen molar-refractivity contribution in [2.45, 2.75) is 13.5 Å². The highest BCUT2D eigenvalue weighted by Crippen LogP contribution is 2.30. The number of nitrogens with zero attached hydrogens (tertiary/aromatic N) is 2. The highest BCUT2D eigenvalue weighted by atomic mass is 79.9. The van der Waals surface area contributed by atoms with E-state index in [1.807, 2.05) is 6.07 Å². The second-order valence-electron chi connectivity index (χ2n) is 3.94. The van der Waals surface area contributed by atoms with Crippen LogP contribution in [0.15, 0.2) is 41.0 Å². The summed E-state index contributed by atoms with van der Waals surface area (Å²) in [7, 11) is 0. The van der Waals surface area contributed by atoms with Crippen molar-refractivity contribution in [3.63, 3.8) is 0 Å². The lowest BCUT2D eigenvalue weighted by atomic mass is 10.2. The van der Waals surface area contributed by atoms with Crippen molar-refractivity contribution in [1.29, 1.82) is 0 Å². The summed E-state index contributed by atoms with van der Waals surface area (Å²) in [5, 5.41) is 10.9. The van der Waals surface area contributed by atoms with Gasteiger partial charge in [0, 0.05) is 16.7 Å². The molecule has 0 bridgehead atoms. The average molecular weight is 323 g/mol. The lowest BCUT2D eigenvalue weighted by molar-refractivity contribution is -0.386. The molecule has 5 nitrogen and oxygen atoms in total. The number of hydrogen-bond donors (Lipinski definition) is 0. The fourth-order valence-electron chi connectivity index (χ4n) is 1.61. The van der Waals surface area contributed by atoms with Gasteiger partial charge in [-0.25, -0.2) is 0 Å². The van der Waals surface area contributed by atoms with E-state index in [-0.39, 0.29) is 18.0 Å². The van der Waals surface area contributed by atoms with Gasteiger partial charge in [-0.1, -0.05) is 12.1 Å². The minimum Gasteiger partial charge on any atom is -0.480 e. The smallest absolute Gasteiger partial charge is 0.311 e. The minimum atomic E-state index is -0.447. The molecule has 19 heavy (non-hydrogen) atoms. The van der Waals surface area contributed by atoms with E-state index >= 15 is 0 Å². The van der Waals surface area contributed by atoms with Crippen molar-refractivity contribution in [2.75, 3.05) is 0 Å². The SMILES string of the molecule is Cc1cccc([N+](=O)[O-])c1OCc1ccc(Br)cn1. The van der Waals surface area contributed by atoms with E-state index in [0.717, 1.165) is 10.0 Å². The Morgan fingerprint density at radius 3 is 2.79 bits per heavy atom. The van der Waals surface area contributed by atoms with Gasteiger partial charge in [-0.2, -0.15) is 0 Å². The molecule has 0 saturated heterocycles. The van der Waals surface area contributed by atoms with E-state index < -0.39 is 4.92 Å². The molecular formula is C13H11BrN2O3. The van der Waals surface area contributed by atoms with Crippen LogP contribution in [0, 0.1) is 17.0 Å². The second kappa shape index (κ2) is 5.79. The molecule has 0 atom stereocenters. The van der Waals surface area contributed by atoms with E-state index in [0.29, 0.717) is 5.69 Å². The number of nitro benzene ring substituents is 1. The number of aryl methyl sites for hydroxylation is 1. The zero-order valence-electron chi connectivity index (χ0n) is 10.2. The highest BCUT2D eigenvalue weighted by Gasteiger charge is 2.17. The van der Waals surface area contributed by atoms with Crippen LogP contribution >= 0.6 is 15.9 Å². The summed E-state index contributed by atoms with van der Waals surface area (Å²) in [6.07, 6.45) is 1.66. The van der Waals surface area contributed by atoms with Gasteiger partial charge in [0.2, 0.25) is 0 Å². The van der Waals surface area contributed by atoms with Crippen LogP contribution in [0.2, 0.25) is 0 Å². The fraction of sp³-hybridized carbons (Fsp3) is 0.154. The lowest BCUT2D eigenvalue weighted by Gasteiger charge is -2.08. The Hall–Kier alpha value is -1.95. The Morgan fingerprint density at radius 1 is 1.37 bits per heavy atom. The van der Waals surface area contributed by atoms with Gasteiger partial charge in [-0.05, 0) is 40.5 Å². The predicted octanol–water partition coefficient (Wildman–Crippen LogP) is 3.64. The van der Waals surface area contributed by atoms with Crippen molar-refractivity contribution in [3.8, 4) is 5.75 Å². The molecule has 0 aliphatic rings. The number of rotatable bonds is 4. The molecule has 0 spiro atoms. The topological polar surface area (TPSA) is 65.3 Å². The number of hydrogen-bond acceptors (Lipinski definition) is 4. The third-order valence-electron chi connectivity index (χ3n) is 2.54. The molecule has 6 heteroatoms. The first-order valence-corrected chi connectivity index (χ1v) is 6.34. The first-order chi connectivity index (χ1) is 9.08. The highest BCUT2D eigenvalue weighted by molar-refractivity contribution is 9.10. The molecule has 0 aliphatic heterocycles. The second-order valence-corrected chi connectivity index (χ2v) is 4.85. The molecule has 98 valence electrons. The number of benzene rings is 1. The molecule has 2 rings (SSSR count). The number of ether oxygens (including phenoxy) is 1. The molecule has 1 heterocycles. The maximum atomic E-state index is 10.9. The van der Waals surface area contributed by atoms with Gasteiger partial charge < -0.3 is 4.74 Å². The van der Waals surface area contributed by atoms with Gasteiger partial charge in [0.15, 0.2) is 5.75 Å². The summed E-state index contributed by atoms with van der Waals surface area (Å²) in [4.78, 5) is 14.6. The zero-order chi connectivity index (χ0) is 13.8. The molecule has 0 saturated carbocycles. The number of para-hydroxylation sites is 1. The fourth-order valence-corrected chi connectivity index (χ4v) is 1.84. The van der Waals surface area contributed by atoms with Crippen molar-refractivity contribution in [3.05, 3.63) is 62.4 Å². The Labute approximate surface area is 118 Å². The van der Waals surface area contributed by atoms with E-state index in [4.69, 9.17) is 4.74 Å². The van der Waals surface area contributed by atoms with E-state index in [2.05, 4.69) is 20.9 Å². The van der Waals surface area contributed by atoms with E-state index in [9.17, 15) is 10.1 Å². The molecule has 0 aliphatic carbocycles. The third kappa shape index (κ3) is 3.29. The average Bonchev–Trinajstić information content (AvgIpc) is 2.39. The van der Waals surface area contributed by atoms with Crippen molar-refractivity contribution < 1.29 is 9.66 Å². The van der Waals surface area contributed by atoms with Crippen LogP contribution < -0.4 is 4.74 Å². The van der Waals surface area contributed by atoms with Crippen LogP contribution in [0.4, 0.5) is 5.69 Å². The third-order valence-corrected chi connectivity index (χ3v) is 3.01. The molecule has 0 fully saturated rings. The Bertz CT molecular complexity index is 599. The normalized spacial score (nSPS) is 10.2. The van der Waals surface area contributed by atoms with Crippen LogP contribution in [0.25, 0.3) is 0 Å². The van der Waals surface area contributed by atoms with Crippen LogP contribution in [0.3, 0.4) is 0 Å². The number of halogens is 1. The van der Waals surface area contributed by atoms with Crippen LogP contribution in [-0.4, -0.2) is 9.91 Å². The Morgan fingerprint density at radius 2 is 2.16 bits per heavy atom. The molecule has 2 aromatic rings. The van der Waals surface area contributed by atoms with Gasteiger partial charge in [-0.15, -0.1) is 0 Å². The molecular weight excluding hydrogens is 312 g/mol.